The molecule has 1 amide bonds. The second kappa shape index (κ2) is 9.72. The summed E-state index contributed by atoms with van der Waals surface area (Å²) in [5.41, 5.74) is 2.48. The Kier molecular flexibility index (Phi) is 6.58. The summed E-state index contributed by atoms with van der Waals surface area (Å²) in [6.07, 6.45) is 3.66. The number of anilines is 3. The minimum atomic E-state index is -0.297. The molecule has 1 saturated heterocycles. The molecule has 0 atom stereocenters. The molecule has 1 fully saturated rings. The van der Waals surface area contributed by atoms with E-state index in [0.29, 0.717) is 0 Å². The zero-order valence-corrected chi connectivity index (χ0v) is 18.8. The van der Waals surface area contributed by atoms with Gasteiger partial charge in [0.25, 0.3) is 5.91 Å². The van der Waals surface area contributed by atoms with Crippen LogP contribution in [0.25, 0.3) is 0 Å². The lowest BCUT2D eigenvalue weighted by atomic mass is 10.2. The van der Waals surface area contributed by atoms with Crippen molar-refractivity contribution >= 4 is 33.9 Å². The zero-order chi connectivity index (χ0) is 22.5. The number of nitrogens with one attached hydrogen (secondary N) is 2. The van der Waals surface area contributed by atoms with Crippen molar-refractivity contribution in [2.75, 3.05) is 43.4 Å². The van der Waals surface area contributed by atoms with Crippen LogP contribution in [0.15, 0.2) is 36.7 Å². The Bertz CT molecular complexity index is 1150. The maximum Gasteiger partial charge on any atom is 0.269 e. The topological polar surface area (TPSA) is 110 Å². The molecule has 0 unspecified atom stereocenters. The van der Waals surface area contributed by atoms with E-state index in [4.69, 9.17) is 0 Å². The van der Waals surface area contributed by atoms with Crippen LogP contribution in [-0.4, -0.2) is 59.0 Å². The summed E-state index contributed by atoms with van der Waals surface area (Å²) < 4.78 is 0. The predicted octanol–water partition coefficient (Wildman–Crippen LogP) is 2.54. The number of nitrogens with zero attached hydrogens (tertiary/aromatic N) is 6. The van der Waals surface area contributed by atoms with Crippen molar-refractivity contribution in [1.29, 1.82) is 5.26 Å². The maximum atomic E-state index is 11.8. The molecule has 4 heterocycles. The summed E-state index contributed by atoms with van der Waals surface area (Å²) in [7, 11) is 1.55. The van der Waals surface area contributed by atoms with E-state index in [1.165, 1.54) is 5.56 Å². The number of nitriles is 1. The lowest BCUT2D eigenvalue weighted by molar-refractivity contribution is 0.0958. The second-order valence-corrected chi connectivity index (χ2v) is 8.70. The molecule has 1 aliphatic heterocycles. The van der Waals surface area contributed by atoms with Crippen molar-refractivity contribution in [3.63, 3.8) is 0 Å². The van der Waals surface area contributed by atoms with Gasteiger partial charge < -0.3 is 15.5 Å². The van der Waals surface area contributed by atoms with Crippen molar-refractivity contribution < 1.29 is 4.79 Å². The number of rotatable bonds is 6. The van der Waals surface area contributed by atoms with Gasteiger partial charge in [-0.05, 0) is 36.8 Å². The number of carbonyl (C=O) groups excluding carboxylic acids is 1. The molecular weight excluding hydrogens is 424 g/mol. The van der Waals surface area contributed by atoms with E-state index in [0.717, 1.165) is 54.2 Å². The van der Waals surface area contributed by atoms with E-state index in [-0.39, 0.29) is 17.3 Å². The predicted molar refractivity (Wildman–Crippen MR) is 124 cm³/mol. The highest BCUT2D eigenvalue weighted by Gasteiger charge is 2.21. The average molecular weight is 449 g/mol. The highest BCUT2D eigenvalue weighted by atomic mass is 32.1. The van der Waals surface area contributed by atoms with Gasteiger partial charge >= 0.3 is 0 Å². The van der Waals surface area contributed by atoms with Crippen molar-refractivity contribution in [2.45, 2.75) is 13.5 Å². The molecule has 0 saturated carbocycles. The molecule has 164 valence electrons. The summed E-state index contributed by atoms with van der Waals surface area (Å²) in [5, 5.41) is 16.1. The van der Waals surface area contributed by atoms with Gasteiger partial charge in [-0.3, -0.25) is 9.69 Å². The minimum Gasteiger partial charge on any atom is -0.367 e. The zero-order valence-electron chi connectivity index (χ0n) is 18.0. The minimum absolute atomic E-state index is 0.251. The van der Waals surface area contributed by atoms with Gasteiger partial charge in [-0.15, -0.1) is 11.3 Å². The Hall–Kier alpha value is -3.55. The van der Waals surface area contributed by atoms with Gasteiger partial charge in [-0.2, -0.15) is 5.26 Å². The monoisotopic (exact) mass is 448 g/mol. The Labute approximate surface area is 190 Å². The fourth-order valence-corrected chi connectivity index (χ4v) is 4.28. The van der Waals surface area contributed by atoms with E-state index in [9.17, 15) is 10.1 Å². The molecule has 32 heavy (non-hydrogen) atoms. The molecule has 2 N–H and O–H groups in total. The fraction of sp³-hybridized carbons (Fsp3) is 0.318. The second-order valence-electron chi connectivity index (χ2n) is 7.47. The van der Waals surface area contributed by atoms with Crippen LogP contribution in [0.2, 0.25) is 0 Å². The molecule has 9 nitrogen and oxygen atoms in total. The lowest BCUT2D eigenvalue weighted by Gasteiger charge is -2.36. The lowest BCUT2D eigenvalue weighted by Crippen LogP contribution is -2.46. The van der Waals surface area contributed by atoms with Crippen molar-refractivity contribution in [3.8, 4) is 6.07 Å². The largest absolute Gasteiger partial charge is 0.367 e. The number of hydrogen-bond acceptors (Lipinski definition) is 9. The smallest absolute Gasteiger partial charge is 0.269 e. The van der Waals surface area contributed by atoms with Gasteiger partial charge in [0.1, 0.15) is 17.6 Å². The highest BCUT2D eigenvalue weighted by molar-refractivity contribution is 7.15. The van der Waals surface area contributed by atoms with Crippen LogP contribution < -0.4 is 15.5 Å². The molecule has 3 aromatic rings. The van der Waals surface area contributed by atoms with E-state index in [2.05, 4.69) is 47.5 Å². The summed E-state index contributed by atoms with van der Waals surface area (Å²) in [5.74, 6) is 0.491. The van der Waals surface area contributed by atoms with Gasteiger partial charge in [0.2, 0.25) is 0 Å². The SMILES string of the molecule is CNC(=O)c1ccc(N2CCN(Cc3ccnc(Nc4ncc(C)s4)c3)CC2)c(C#N)n1. The number of amides is 1. The molecular formula is C22H24N8OS. The molecule has 0 bridgehead atoms. The fourth-order valence-electron chi connectivity index (χ4n) is 3.61. The van der Waals surface area contributed by atoms with E-state index < -0.39 is 0 Å². The van der Waals surface area contributed by atoms with Crippen LogP contribution in [0.3, 0.4) is 0 Å². The van der Waals surface area contributed by atoms with Crippen LogP contribution >= 0.6 is 11.3 Å². The van der Waals surface area contributed by atoms with Crippen molar-refractivity contribution in [1.82, 2.24) is 25.2 Å². The molecule has 0 spiro atoms. The molecule has 10 heteroatoms. The van der Waals surface area contributed by atoms with E-state index in [1.54, 1.807) is 24.5 Å². The Balaban J connectivity index is 1.37. The summed E-state index contributed by atoms with van der Waals surface area (Å²) >= 11 is 1.60. The van der Waals surface area contributed by atoms with Gasteiger partial charge in [0.15, 0.2) is 10.8 Å². The number of carbonyl (C=O) groups is 1. The van der Waals surface area contributed by atoms with Gasteiger partial charge in [0.05, 0.1) is 5.69 Å². The van der Waals surface area contributed by atoms with Crippen LogP contribution in [0.4, 0.5) is 16.6 Å². The first-order valence-electron chi connectivity index (χ1n) is 10.3. The van der Waals surface area contributed by atoms with Gasteiger partial charge in [-0.25, -0.2) is 15.0 Å². The van der Waals surface area contributed by atoms with Crippen LogP contribution in [0.5, 0.6) is 0 Å². The third-order valence-corrected chi connectivity index (χ3v) is 6.07. The van der Waals surface area contributed by atoms with Crippen molar-refractivity contribution in [3.05, 3.63) is 58.5 Å². The van der Waals surface area contributed by atoms with Crippen LogP contribution in [0.1, 0.15) is 26.6 Å². The Morgan fingerprint density at radius 1 is 1.22 bits per heavy atom. The first-order valence-corrected chi connectivity index (χ1v) is 11.1. The number of aryl methyl sites for hydroxylation is 1. The van der Waals surface area contributed by atoms with E-state index in [1.807, 2.05) is 31.5 Å². The maximum absolute atomic E-state index is 11.8. The molecule has 0 aliphatic carbocycles. The molecule has 3 aromatic heterocycles. The molecule has 4 rings (SSSR count). The Morgan fingerprint density at radius 2 is 2.03 bits per heavy atom. The van der Waals surface area contributed by atoms with Crippen molar-refractivity contribution in [2.24, 2.45) is 0 Å². The first-order chi connectivity index (χ1) is 15.6. The highest BCUT2D eigenvalue weighted by Crippen LogP contribution is 2.23. The number of aromatic nitrogens is 3. The normalized spacial score (nSPS) is 14.1. The number of pyridine rings is 2. The molecule has 0 aromatic carbocycles. The Morgan fingerprint density at radius 3 is 2.72 bits per heavy atom. The summed E-state index contributed by atoms with van der Waals surface area (Å²) in [6.45, 7) is 6.13. The molecule has 1 aliphatic rings. The van der Waals surface area contributed by atoms with Crippen LogP contribution in [0, 0.1) is 18.3 Å². The first kappa shape index (κ1) is 21.7. The third kappa shape index (κ3) is 5.01. The van der Waals surface area contributed by atoms with Gasteiger partial charge in [0, 0.05) is 57.0 Å². The molecule has 0 radical (unpaired) electrons. The number of hydrogen-bond donors (Lipinski definition) is 2. The van der Waals surface area contributed by atoms with Gasteiger partial charge in [-0.1, -0.05) is 0 Å². The summed E-state index contributed by atoms with van der Waals surface area (Å²) in [4.78, 5) is 30.4. The standard InChI is InChI=1S/C22H24N8OS/c1-15-13-26-22(32-15)28-20-11-16(5-6-25-20)14-29-7-9-30(10-8-29)19-4-3-17(21(31)24-2)27-18(19)12-23/h3-6,11,13H,7-10,14H2,1-2H3,(H,24,31)(H,25,26,28). The number of thiazole rings is 1. The quantitative estimate of drug-likeness (QED) is 0.592. The van der Waals surface area contributed by atoms with Crippen LogP contribution in [-0.2, 0) is 6.54 Å². The third-order valence-electron chi connectivity index (χ3n) is 5.24. The summed E-state index contributed by atoms with van der Waals surface area (Å²) in [6, 6.07) is 9.68. The number of piperazine rings is 1. The average Bonchev–Trinajstić information content (AvgIpc) is 3.23. The van der Waals surface area contributed by atoms with E-state index >= 15 is 0 Å².